The first-order chi connectivity index (χ1) is 14.9. The average molecular weight is 441 g/mol. The second-order valence-electron chi connectivity index (χ2n) is 7.54. The van der Waals surface area contributed by atoms with Gasteiger partial charge in [0.2, 0.25) is 0 Å². The number of aryl methyl sites for hydroxylation is 1. The van der Waals surface area contributed by atoms with Crippen LogP contribution in [-0.4, -0.2) is 27.0 Å². The molecule has 0 bridgehead atoms. The number of anilines is 1. The van der Waals surface area contributed by atoms with Gasteiger partial charge in [-0.1, -0.05) is 43.6 Å². The summed E-state index contributed by atoms with van der Waals surface area (Å²) in [7, 11) is 0. The molecule has 1 unspecified atom stereocenters. The van der Waals surface area contributed by atoms with Crippen molar-refractivity contribution in [3.8, 4) is 0 Å². The highest BCUT2D eigenvalue weighted by molar-refractivity contribution is 6.31. The van der Waals surface area contributed by atoms with E-state index in [1.807, 2.05) is 52.0 Å². The van der Waals surface area contributed by atoms with Crippen LogP contribution in [-0.2, 0) is 6.54 Å². The van der Waals surface area contributed by atoms with Crippen molar-refractivity contribution in [1.82, 2.24) is 14.5 Å². The van der Waals surface area contributed by atoms with Crippen LogP contribution in [0.5, 0.6) is 0 Å². The molecule has 0 aliphatic rings. The van der Waals surface area contributed by atoms with E-state index in [0.717, 1.165) is 17.7 Å². The Bertz CT molecular complexity index is 1140. The Morgan fingerprint density at radius 1 is 1.19 bits per heavy atom. The quantitative estimate of drug-likeness (QED) is 0.506. The number of aromatic nitrogens is 2. The zero-order valence-corrected chi connectivity index (χ0v) is 19.2. The molecule has 1 atom stereocenters. The number of nitrogens with one attached hydrogen (secondary N) is 1. The maximum Gasteiger partial charge on any atom is 0.322 e. The molecule has 0 saturated heterocycles. The summed E-state index contributed by atoms with van der Waals surface area (Å²) in [5.41, 5.74) is 2.19. The highest BCUT2D eigenvalue weighted by Gasteiger charge is 2.28. The van der Waals surface area contributed by atoms with Gasteiger partial charge in [-0.05, 0) is 56.5 Å². The van der Waals surface area contributed by atoms with E-state index in [9.17, 15) is 9.59 Å². The lowest BCUT2D eigenvalue weighted by molar-refractivity contribution is 0.180. The summed E-state index contributed by atoms with van der Waals surface area (Å²) >= 11 is 6.15. The second-order valence-corrected chi connectivity index (χ2v) is 7.98. The van der Waals surface area contributed by atoms with Crippen molar-refractivity contribution >= 4 is 34.2 Å². The topological polar surface area (TPSA) is 67.2 Å². The lowest BCUT2D eigenvalue weighted by atomic mass is 10.1. The fraction of sp³-hybridized carbons (Fsp3) is 0.375. The third-order valence-electron chi connectivity index (χ3n) is 5.44. The second kappa shape index (κ2) is 9.96. The first-order valence-electron chi connectivity index (χ1n) is 10.7. The number of nitrogens with zero attached hydrogens (tertiary/aromatic N) is 3. The number of benzene rings is 2. The van der Waals surface area contributed by atoms with E-state index in [-0.39, 0.29) is 17.6 Å². The van der Waals surface area contributed by atoms with Crippen molar-refractivity contribution < 1.29 is 4.79 Å². The molecule has 1 heterocycles. The van der Waals surface area contributed by atoms with E-state index >= 15 is 0 Å². The van der Waals surface area contributed by atoms with Gasteiger partial charge >= 0.3 is 6.03 Å². The van der Waals surface area contributed by atoms with Crippen molar-refractivity contribution in [2.45, 2.75) is 53.1 Å². The molecule has 3 rings (SSSR count). The number of amides is 2. The zero-order valence-electron chi connectivity index (χ0n) is 18.5. The summed E-state index contributed by atoms with van der Waals surface area (Å²) < 4.78 is 1.66. The van der Waals surface area contributed by atoms with Gasteiger partial charge in [0.1, 0.15) is 5.82 Å². The number of rotatable bonds is 7. The van der Waals surface area contributed by atoms with Gasteiger partial charge in [0.15, 0.2) is 0 Å². The van der Waals surface area contributed by atoms with Gasteiger partial charge in [0, 0.05) is 23.8 Å². The normalized spacial score (nSPS) is 12.0. The molecule has 2 amide bonds. The Kier molecular flexibility index (Phi) is 7.33. The number of halogens is 1. The maximum absolute atomic E-state index is 13.3. The van der Waals surface area contributed by atoms with Crippen LogP contribution < -0.4 is 10.9 Å². The molecule has 1 N–H and O–H groups in total. The molecule has 1 aromatic heterocycles. The molecular weight excluding hydrogens is 412 g/mol. The van der Waals surface area contributed by atoms with E-state index in [4.69, 9.17) is 16.6 Å². The summed E-state index contributed by atoms with van der Waals surface area (Å²) in [5.74, 6) is 0.582. The predicted octanol–water partition coefficient (Wildman–Crippen LogP) is 5.77. The van der Waals surface area contributed by atoms with Crippen LogP contribution in [0.15, 0.2) is 47.3 Å². The number of hydrogen-bond donors (Lipinski definition) is 1. The van der Waals surface area contributed by atoms with Crippen LogP contribution in [0.3, 0.4) is 0 Å². The van der Waals surface area contributed by atoms with Crippen LogP contribution in [0, 0.1) is 6.92 Å². The lowest BCUT2D eigenvalue weighted by Crippen LogP contribution is -2.41. The van der Waals surface area contributed by atoms with E-state index in [1.165, 1.54) is 0 Å². The number of hydrogen-bond acceptors (Lipinski definition) is 3. The smallest absolute Gasteiger partial charge is 0.314 e. The fourth-order valence-electron chi connectivity index (χ4n) is 3.85. The monoisotopic (exact) mass is 440 g/mol. The molecule has 6 nitrogen and oxygen atoms in total. The van der Waals surface area contributed by atoms with Crippen LogP contribution in [0.25, 0.3) is 10.9 Å². The standard InChI is InChI=1S/C24H29ClN4O2/c1-5-14-29(24(31)27-19-11-9-8-10-16(19)4)21(6-2)22-26-20-15-17(25)12-13-18(20)23(30)28(22)7-3/h8-13,15,21H,5-7,14H2,1-4H3,(H,27,31). The Hall–Kier alpha value is -2.86. The molecule has 164 valence electrons. The van der Waals surface area contributed by atoms with Gasteiger partial charge in [-0.25, -0.2) is 9.78 Å². The van der Waals surface area contributed by atoms with Crippen LogP contribution >= 0.6 is 11.6 Å². The molecule has 31 heavy (non-hydrogen) atoms. The first kappa shape index (κ1) is 22.8. The van der Waals surface area contributed by atoms with Gasteiger partial charge in [0.25, 0.3) is 5.56 Å². The number of para-hydroxylation sites is 1. The molecular formula is C24H29ClN4O2. The van der Waals surface area contributed by atoms with Crippen molar-refractivity contribution in [2.75, 3.05) is 11.9 Å². The number of carbonyl (C=O) groups excluding carboxylic acids is 1. The minimum atomic E-state index is -0.347. The van der Waals surface area contributed by atoms with Crippen LogP contribution in [0.1, 0.15) is 51.0 Å². The third-order valence-corrected chi connectivity index (χ3v) is 5.67. The van der Waals surface area contributed by atoms with E-state index in [1.54, 1.807) is 27.7 Å². The van der Waals surface area contributed by atoms with Gasteiger partial charge in [0.05, 0.1) is 16.9 Å². The SMILES string of the molecule is CCCN(C(=O)Nc1ccccc1C)C(CC)c1nc2cc(Cl)ccc2c(=O)n1CC. The van der Waals surface area contributed by atoms with Gasteiger partial charge in [-0.3, -0.25) is 9.36 Å². The highest BCUT2D eigenvalue weighted by atomic mass is 35.5. The Morgan fingerprint density at radius 2 is 1.94 bits per heavy atom. The Balaban J connectivity index is 2.08. The summed E-state index contributed by atoms with van der Waals surface area (Å²) in [5, 5.41) is 4.08. The van der Waals surface area contributed by atoms with E-state index in [2.05, 4.69) is 5.32 Å². The van der Waals surface area contributed by atoms with Gasteiger partial charge in [-0.2, -0.15) is 0 Å². The third kappa shape index (κ3) is 4.74. The molecule has 0 aliphatic heterocycles. The molecule has 0 fully saturated rings. The molecule has 2 aromatic carbocycles. The van der Waals surface area contributed by atoms with Crippen LogP contribution in [0.2, 0.25) is 5.02 Å². The van der Waals surface area contributed by atoms with Crippen molar-refractivity contribution in [1.29, 1.82) is 0 Å². The average Bonchev–Trinajstić information content (AvgIpc) is 2.75. The summed E-state index contributed by atoms with van der Waals surface area (Å²) in [6.45, 7) is 8.92. The number of carbonyl (C=O) groups is 1. The lowest BCUT2D eigenvalue weighted by Gasteiger charge is -2.32. The van der Waals surface area contributed by atoms with Crippen molar-refractivity contribution in [3.05, 3.63) is 69.2 Å². The van der Waals surface area contributed by atoms with E-state index < -0.39 is 0 Å². The van der Waals surface area contributed by atoms with E-state index in [0.29, 0.717) is 41.3 Å². The zero-order chi connectivity index (χ0) is 22.5. The largest absolute Gasteiger partial charge is 0.322 e. The fourth-order valence-corrected chi connectivity index (χ4v) is 4.02. The minimum absolute atomic E-state index is 0.117. The molecule has 0 spiro atoms. The summed E-state index contributed by atoms with van der Waals surface area (Å²) in [6.07, 6.45) is 1.41. The molecule has 0 saturated carbocycles. The Morgan fingerprint density at radius 3 is 2.58 bits per heavy atom. The van der Waals surface area contributed by atoms with Crippen molar-refractivity contribution in [3.63, 3.8) is 0 Å². The summed E-state index contributed by atoms with van der Waals surface area (Å²) in [4.78, 5) is 33.0. The van der Waals surface area contributed by atoms with Crippen molar-refractivity contribution in [2.24, 2.45) is 0 Å². The predicted molar refractivity (Wildman–Crippen MR) is 127 cm³/mol. The van der Waals surface area contributed by atoms with Gasteiger partial charge < -0.3 is 10.2 Å². The summed E-state index contributed by atoms with van der Waals surface area (Å²) in [6, 6.07) is 12.2. The molecule has 0 radical (unpaired) electrons. The van der Waals surface area contributed by atoms with Gasteiger partial charge in [-0.15, -0.1) is 0 Å². The number of fused-ring (bicyclic) bond motifs is 1. The number of urea groups is 1. The molecule has 0 aliphatic carbocycles. The van der Waals surface area contributed by atoms with Crippen LogP contribution in [0.4, 0.5) is 10.5 Å². The molecule has 3 aromatic rings. The maximum atomic E-state index is 13.3. The first-order valence-corrected chi connectivity index (χ1v) is 11.1. The Labute approximate surface area is 187 Å². The minimum Gasteiger partial charge on any atom is -0.314 e. The molecule has 7 heteroatoms. The highest BCUT2D eigenvalue weighted by Crippen LogP contribution is 2.26.